The highest BCUT2D eigenvalue weighted by Crippen LogP contribution is 2.16. The number of carbonyl (C=O) groups excluding carboxylic acids is 1. The van der Waals surface area contributed by atoms with Gasteiger partial charge in [0.25, 0.3) is 5.91 Å². The maximum atomic E-state index is 12.7. The summed E-state index contributed by atoms with van der Waals surface area (Å²) in [6.07, 6.45) is 5.27. The lowest BCUT2D eigenvalue weighted by Crippen LogP contribution is -2.62. The predicted octanol–water partition coefficient (Wildman–Crippen LogP) is 1.50. The zero-order chi connectivity index (χ0) is 16.2. The van der Waals surface area contributed by atoms with Gasteiger partial charge in [0.05, 0.1) is 0 Å². The molecule has 0 aromatic carbocycles. The van der Waals surface area contributed by atoms with Crippen LogP contribution in [0.5, 0.6) is 0 Å². The normalized spacial score (nSPS) is 22.9. The maximum absolute atomic E-state index is 12.7. The molecule has 0 bridgehead atoms. The third kappa shape index (κ3) is 3.90. The van der Waals surface area contributed by atoms with Gasteiger partial charge in [-0.2, -0.15) is 0 Å². The third-order valence-electron chi connectivity index (χ3n) is 5.05. The molecule has 0 N–H and O–H groups in total. The number of unbranched alkanes of at least 4 members (excludes halogenated alkanes) is 1. The summed E-state index contributed by atoms with van der Waals surface area (Å²) in [6, 6.07) is 4.42. The number of rotatable bonds is 4. The second-order valence-corrected chi connectivity index (χ2v) is 6.86. The number of hydrogen-bond donors (Lipinski definition) is 0. The van der Waals surface area contributed by atoms with Gasteiger partial charge >= 0.3 is 0 Å². The van der Waals surface area contributed by atoms with Crippen molar-refractivity contribution in [1.29, 1.82) is 0 Å². The molecule has 0 radical (unpaired) electrons. The van der Waals surface area contributed by atoms with E-state index >= 15 is 0 Å². The molecule has 0 spiro atoms. The molecule has 126 valence electrons. The van der Waals surface area contributed by atoms with Crippen molar-refractivity contribution in [3.05, 3.63) is 29.6 Å². The van der Waals surface area contributed by atoms with E-state index in [9.17, 15) is 4.79 Å². The van der Waals surface area contributed by atoms with Gasteiger partial charge in [0.15, 0.2) is 0 Å². The van der Waals surface area contributed by atoms with E-state index in [2.05, 4.69) is 34.8 Å². The van der Waals surface area contributed by atoms with E-state index in [0.29, 0.717) is 11.7 Å². The molecule has 0 aliphatic carbocycles. The van der Waals surface area contributed by atoms with E-state index in [1.165, 1.54) is 18.4 Å². The van der Waals surface area contributed by atoms with E-state index in [0.717, 1.165) is 45.7 Å². The third-order valence-corrected chi connectivity index (χ3v) is 5.05. The lowest BCUT2D eigenvalue weighted by molar-refractivity contribution is 0.0187. The van der Waals surface area contributed by atoms with Crippen molar-refractivity contribution in [1.82, 2.24) is 19.7 Å². The molecule has 3 heterocycles. The second-order valence-electron chi connectivity index (χ2n) is 6.86. The van der Waals surface area contributed by atoms with Gasteiger partial charge in [-0.25, -0.2) is 0 Å². The number of nitrogens with zero attached hydrogens (tertiary/aromatic N) is 4. The lowest BCUT2D eigenvalue weighted by atomic mass is 10.1. The van der Waals surface area contributed by atoms with Gasteiger partial charge < -0.3 is 9.80 Å². The number of hydrogen-bond acceptors (Lipinski definition) is 4. The van der Waals surface area contributed by atoms with Gasteiger partial charge in [-0.1, -0.05) is 19.4 Å². The summed E-state index contributed by atoms with van der Waals surface area (Å²) in [5.74, 6) is 0.0833. The highest BCUT2D eigenvalue weighted by molar-refractivity contribution is 5.92. The average molecular weight is 316 g/mol. The smallest absolute Gasteiger partial charge is 0.272 e. The molecule has 2 aliphatic heterocycles. The van der Waals surface area contributed by atoms with Crippen LogP contribution in [0.1, 0.15) is 35.8 Å². The highest BCUT2D eigenvalue weighted by atomic mass is 16.2. The molecule has 5 nitrogen and oxygen atoms in total. The van der Waals surface area contributed by atoms with Gasteiger partial charge in [-0.15, -0.1) is 0 Å². The van der Waals surface area contributed by atoms with Crippen LogP contribution in [-0.4, -0.2) is 77.9 Å². The Morgan fingerprint density at radius 3 is 2.78 bits per heavy atom. The molecule has 5 heteroatoms. The molecule has 2 aliphatic rings. The second kappa shape index (κ2) is 7.41. The quantitative estimate of drug-likeness (QED) is 0.844. The van der Waals surface area contributed by atoms with Crippen LogP contribution in [-0.2, 0) is 6.42 Å². The molecule has 23 heavy (non-hydrogen) atoms. The fourth-order valence-electron chi connectivity index (χ4n) is 3.54. The van der Waals surface area contributed by atoms with Crippen molar-refractivity contribution in [3.63, 3.8) is 0 Å². The topological polar surface area (TPSA) is 39.7 Å². The van der Waals surface area contributed by atoms with Crippen LogP contribution in [0, 0.1) is 0 Å². The molecule has 2 fully saturated rings. The number of piperazine rings is 2. The van der Waals surface area contributed by atoms with E-state index in [-0.39, 0.29) is 5.91 Å². The first-order valence-electron chi connectivity index (χ1n) is 8.84. The van der Waals surface area contributed by atoms with Crippen LogP contribution in [0.2, 0.25) is 0 Å². The average Bonchev–Trinajstić information content (AvgIpc) is 2.59. The molecule has 1 unspecified atom stereocenters. The zero-order valence-electron chi connectivity index (χ0n) is 14.4. The van der Waals surface area contributed by atoms with E-state index in [1.54, 1.807) is 0 Å². The molecule has 3 rings (SSSR count). The van der Waals surface area contributed by atoms with E-state index in [1.807, 2.05) is 17.2 Å². The van der Waals surface area contributed by atoms with Crippen LogP contribution in [0.3, 0.4) is 0 Å². The molecule has 1 atom stereocenters. The number of amides is 1. The molecular formula is C18H28N4O. The molecule has 2 saturated heterocycles. The van der Waals surface area contributed by atoms with E-state index < -0.39 is 0 Å². The Labute approximate surface area is 139 Å². The van der Waals surface area contributed by atoms with Crippen LogP contribution >= 0.6 is 0 Å². The Balaban J connectivity index is 1.61. The number of fused-ring (bicyclic) bond motifs is 1. The van der Waals surface area contributed by atoms with Gasteiger partial charge in [0, 0.05) is 51.5 Å². The fourth-order valence-corrected chi connectivity index (χ4v) is 3.54. The SMILES string of the molecule is CCCCc1ccc(C(=O)N2CCN3CCN(C)CC3C2)nc1. The van der Waals surface area contributed by atoms with Crippen molar-refractivity contribution in [2.75, 3.05) is 46.3 Å². The predicted molar refractivity (Wildman–Crippen MR) is 91.6 cm³/mol. The van der Waals surface area contributed by atoms with Crippen molar-refractivity contribution >= 4 is 5.91 Å². The Kier molecular flexibility index (Phi) is 5.28. The molecular weight excluding hydrogens is 288 g/mol. The summed E-state index contributed by atoms with van der Waals surface area (Å²) in [5, 5.41) is 0. The van der Waals surface area contributed by atoms with Crippen LogP contribution in [0.4, 0.5) is 0 Å². The van der Waals surface area contributed by atoms with Crippen LogP contribution < -0.4 is 0 Å². The number of likely N-dealkylation sites (N-methyl/N-ethyl adjacent to an activating group) is 1. The first kappa shape index (κ1) is 16.4. The minimum atomic E-state index is 0.0833. The lowest BCUT2D eigenvalue weighted by Gasteiger charge is -2.46. The maximum Gasteiger partial charge on any atom is 0.272 e. The van der Waals surface area contributed by atoms with Gasteiger partial charge in [0.1, 0.15) is 5.69 Å². The van der Waals surface area contributed by atoms with E-state index in [4.69, 9.17) is 0 Å². The number of pyridine rings is 1. The highest BCUT2D eigenvalue weighted by Gasteiger charge is 2.33. The summed E-state index contributed by atoms with van der Waals surface area (Å²) >= 11 is 0. The van der Waals surface area contributed by atoms with Crippen molar-refractivity contribution in [2.45, 2.75) is 32.2 Å². The number of aromatic nitrogens is 1. The van der Waals surface area contributed by atoms with Gasteiger partial charge in [-0.05, 0) is 31.5 Å². The first-order chi connectivity index (χ1) is 11.2. The Morgan fingerprint density at radius 1 is 1.22 bits per heavy atom. The standard InChI is InChI=1S/C18H28N4O/c1-3-4-5-15-6-7-17(19-12-15)18(23)22-11-10-21-9-8-20(2)13-16(21)14-22/h6-7,12,16H,3-5,8-11,13-14H2,1-2H3. The molecule has 1 aromatic rings. The van der Waals surface area contributed by atoms with Crippen LogP contribution in [0.15, 0.2) is 18.3 Å². The zero-order valence-corrected chi connectivity index (χ0v) is 14.4. The minimum absolute atomic E-state index is 0.0833. The Bertz CT molecular complexity index is 530. The van der Waals surface area contributed by atoms with Crippen molar-refractivity contribution in [2.24, 2.45) is 0 Å². The van der Waals surface area contributed by atoms with Gasteiger partial charge in [-0.3, -0.25) is 14.7 Å². The van der Waals surface area contributed by atoms with Crippen molar-refractivity contribution in [3.8, 4) is 0 Å². The molecule has 1 aromatic heterocycles. The summed E-state index contributed by atoms with van der Waals surface area (Å²) in [4.78, 5) is 24.0. The summed E-state index contributed by atoms with van der Waals surface area (Å²) in [5.41, 5.74) is 1.81. The molecule has 1 amide bonds. The monoisotopic (exact) mass is 316 g/mol. The summed E-state index contributed by atoms with van der Waals surface area (Å²) in [7, 11) is 2.16. The fraction of sp³-hybridized carbons (Fsp3) is 0.667. The summed E-state index contributed by atoms with van der Waals surface area (Å²) < 4.78 is 0. The minimum Gasteiger partial charge on any atom is -0.334 e. The molecule has 0 saturated carbocycles. The van der Waals surface area contributed by atoms with Crippen molar-refractivity contribution < 1.29 is 4.79 Å². The van der Waals surface area contributed by atoms with Crippen LogP contribution in [0.25, 0.3) is 0 Å². The number of aryl methyl sites for hydroxylation is 1. The number of carbonyl (C=O) groups is 1. The first-order valence-corrected chi connectivity index (χ1v) is 8.84. The largest absolute Gasteiger partial charge is 0.334 e. The Morgan fingerprint density at radius 2 is 2.04 bits per heavy atom. The Hall–Kier alpha value is -1.46. The summed E-state index contributed by atoms with van der Waals surface area (Å²) in [6.45, 7) is 8.11. The van der Waals surface area contributed by atoms with Gasteiger partial charge in [0.2, 0.25) is 0 Å².